The van der Waals surface area contributed by atoms with E-state index in [-0.39, 0.29) is 12.6 Å². The van der Waals surface area contributed by atoms with Crippen molar-refractivity contribution in [2.45, 2.75) is 19.1 Å². The summed E-state index contributed by atoms with van der Waals surface area (Å²) in [6, 6.07) is 15.3. The van der Waals surface area contributed by atoms with E-state index in [2.05, 4.69) is 21.2 Å². The second-order valence-corrected chi connectivity index (χ2v) is 5.99. The third-order valence-electron chi connectivity index (χ3n) is 3.52. The highest BCUT2D eigenvalue weighted by atomic mass is 79.9. The monoisotopic (exact) mass is 361 g/mol. The Labute approximate surface area is 137 Å². The smallest absolute Gasteiger partial charge is 0.407 e. The number of nitrogens with one attached hydrogen (secondary N) is 1. The van der Waals surface area contributed by atoms with Crippen LogP contribution in [0, 0.1) is 0 Å². The number of alkyl carbamates (subject to hydrolysis) is 1. The summed E-state index contributed by atoms with van der Waals surface area (Å²) in [6.07, 6.45) is 0.311. The van der Waals surface area contributed by atoms with Gasteiger partial charge in [-0.1, -0.05) is 46.3 Å². The van der Waals surface area contributed by atoms with Crippen molar-refractivity contribution < 1.29 is 14.3 Å². The van der Waals surface area contributed by atoms with Crippen LogP contribution < -0.4 is 10.1 Å². The molecule has 0 saturated heterocycles. The van der Waals surface area contributed by atoms with Gasteiger partial charge in [-0.3, -0.25) is 0 Å². The zero-order valence-electron chi connectivity index (χ0n) is 11.9. The molecule has 0 radical (unpaired) electrons. The van der Waals surface area contributed by atoms with Gasteiger partial charge in [-0.05, 0) is 23.8 Å². The van der Waals surface area contributed by atoms with Gasteiger partial charge in [0.2, 0.25) is 0 Å². The lowest BCUT2D eigenvalue weighted by Gasteiger charge is -2.26. The minimum absolute atomic E-state index is 0.0930. The molecule has 1 N–H and O–H groups in total. The Morgan fingerprint density at radius 2 is 2.09 bits per heavy atom. The molecule has 3 rings (SSSR count). The Bertz CT molecular complexity index is 660. The van der Waals surface area contributed by atoms with Crippen molar-refractivity contribution in [1.29, 1.82) is 0 Å². The fourth-order valence-electron chi connectivity index (χ4n) is 2.42. The van der Waals surface area contributed by atoms with Gasteiger partial charge in [-0.15, -0.1) is 0 Å². The summed E-state index contributed by atoms with van der Waals surface area (Å²) in [5, 5.41) is 2.91. The van der Waals surface area contributed by atoms with E-state index in [1.807, 2.05) is 48.5 Å². The van der Waals surface area contributed by atoms with Gasteiger partial charge in [0, 0.05) is 16.5 Å². The first-order valence-electron chi connectivity index (χ1n) is 7.12. The van der Waals surface area contributed by atoms with Gasteiger partial charge in [0.1, 0.15) is 12.4 Å². The average molecular weight is 362 g/mol. The number of halogens is 1. The van der Waals surface area contributed by atoms with Gasteiger partial charge < -0.3 is 14.8 Å². The molecule has 0 spiro atoms. The molecule has 2 aromatic rings. The second kappa shape index (κ2) is 6.83. The number of carbonyl (C=O) groups is 1. The van der Waals surface area contributed by atoms with Crippen LogP contribution in [-0.4, -0.2) is 12.7 Å². The number of rotatable bonds is 3. The lowest BCUT2D eigenvalue weighted by atomic mass is 10.0. The molecule has 0 saturated carbocycles. The summed E-state index contributed by atoms with van der Waals surface area (Å²) in [5.74, 6) is 0.808. The van der Waals surface area contributed by atoms with Crippen LogP contribution in [0.5, 0.6) is 5.75 Å². The Kier molecular flexibility index (Phi) is 4.63. The Balaban J connectivity index is 1.62. The topological polar surface area (TPSA) is 47.6 Å². The highest BCUT2D eigenvalue weighted by Crippen LogP contribution is 2.34. The molecule has 4 nitrogen and oxygen atoms in total. The summed E-state index contributed by atoms with van der Waals surface area (Å²) in [4.78, 5) is 12.0. The van der Waals surface area contributed by atoms with Crippen molar-refractivity contribution in [2.24, 2.45) is 0 Å². The number of fused-ring (bicyclic) bond motifs is 1. The van der Waals surface area contributed by atoms with Crippen molar-refractivity contribution >= 4 is 22.0 Å². The van der Waals surface area contributed by atoms with Crippen molar-refractivity contribution in [3.63, 3.8) is 0 Å². The fraction of sp³-hybridized carbons (Fsp3) is 0.235. The lowest BCUT2D eigenvalue weighted by molar-refractivity contribution is 0.131. The van der Waals surface area contributed by atoms with Crippen molar-refractivity contribution in [3.05, 3.63) is 64.1 Å². The highest BCUT2D eigenvalue weighted by molar-refractivity contribution is 9.10. The molecule has 2 aromatic carbocycles. The maximum absolute atomic E-state index is 12.0. The quantitative estimate of drug-likeness (QED) is 0.890. The van der Waals surface area contributed by atoms with E-state index in [9.17, 15) is 4.79 Å². The standard InChI is InChI=1S/C17H16BrNO3/c18-13-6-7-16-14(10-13)15(8-9-21-16)19-17(20)22-11-12-4-2-1-3-5-12/h1-7,10,15H,8-9,11H2,(H,19,20)/t15-/m1/s1. The molecule has 114 valence electrons. The van der Waals surface area contributed by atoms with Crippen molar-refractivity contribution in [3.8, 4) is 5.75 Å². The number of hydrogen-bond donors (Lipinski definition) is 1. The predicted octanol–water partition coefficient (Wildman–Crippen LogP) is 4.20. The SMILES string of the molecule is O=C(N[C@@H]1CCOc2ccc(Br)cc21)OCc1ccccc1. The zero-order valence-corrected chi connectivity index (χ0v) is 13.5. The van der Waals surface area contributed by atoms with Gasteiger partial charge >= 0.3 is 6.09 Å². The van der Waals surface area contributed by atoms with Gasteiger partial charge in [0.15, 0.2) is 0 Å². The van der Waals surface area contributed by atoms with E-state index in [0.717, 1.165) is 27.8 Å². The number of benzene rings is 2. The first-order valence-corrected chi connectivity index (χ1v) is 7.91. The van der Waals surface area contributed by atoms with E-state index in [1.54, 1.807) is 0 Å². The van der Waals surface area contributed by atoms with E-state index < -0.39 is 6.09 Å². The van der Waals surface area contributed by atoms with Crippen molar-refractivity contribution in [2.75, 3.05) is 6.61 Å². The van der Waals surface area contributed by atoms with Gasteiger partial charge in [-0.25, -0.2) is 4.79 Å². The Hall–Kier alpha value is -2.01. The summed E-state index contributed by atoms with van der Waals surface area (Å²) in [6.45, 7) is 0.847. The molecular weight excluding hydrogens is 346 g/mol. The zero-order chi connectivity index (χ0) is 15.4. The number of carbonyl (C=O) groups excluding carboxylic acids is 1. The number of amides is 1. The summed E-state index contributed by atoms with van der Waals surface area (Å²) in [5.41, 5.74) is 1.94. The van der Waals surface area contributed by atoms with Crippen LogP contribution in [0.15, 0.2) is 53.0 Å². The largest absolute Gasteiger partial charge is 0.493 e. The molecule has 1 amide bonds. The first-order chi connectivity index (χ1) is 10.7. The van der Waals surface area contributed by atoms with Gasteiger partial charge in [0.25, 0.3) is 0 Å². The second-order valence-electron chi connectivity index (χ2n) is 5.08. The minimum Gasteiger partial charge on any atom is -0.493 e. The van der Waals surface area contributed by atoms with Crippen LogP contribution >= 0.6 is 15.9 Å². The summed E-state index contributed by atoms with van der Waals surface area (Å²) in [7, 11) is 0. The van der Waals surface area contributed by atoms with Gasteiger partial charge in [0.05, 0.1) is 12.6 Å². The normalized spacial score (nSPS) is 16.3. The molecule has 5 heteroatoms. The maximum atomic E-state index is 12.0. The molecule has 1 aliphatic heterocycles. The molecule has 1 aliphatic rings. The predicted molar refractivity (Wildman–Crippen MR) is 86.8 cm³/mol. The molecule has 0 fully saturated rings. The van der Waals surface area contributed by atoms with E-state index in [0.29, 0.717) is 6.61 Å². The molecule has 1 heterocycles. The molecule has 0 aromatic heterocycles. The lowest BCUT2D eigenvalue weighted by Crippen LogP contribution is -2.32. The van der Waals surface area contributed by atoms with Crippen LogP contribution in [0.3, 0.4) is 0 Å². The van der Waals surface area contributed by atoms with Crippen LogP contribution in [-0.2, 0) is 11.3 Å². The Morgan fingerprint density at radius 3 is 2.91 bits per heavy atom. The molecule has 1 atom stereocenters. The molecule has 0 aliphatic carbocycles. The van der Waals surface area contributed by atoms with Crippen molar-refractivity contribution in [1.82, 2.24) is 5.32 Å². The van der Waals surface area contributed by atoms with Crippen LogP contribution in [0.1, 0.15) is 23.6 Å². The van der Waals surface area contributed by atoms with Crippen LogP contribution in [0.2, 0.25) is 0 Å². The number of hydrogen-bond acceptors (Lipinski definition) is 3. The highest BCUT2D eigenvalue weighted by Gasteiger charge is 2.23. The minimum atomic E-state index is -0.415. The first kappa shape index (κ1) is 14.9. The van der Waals surface area contributed by atoms with Gasteiger partial charge in [-0.2, -0.15) is 0 Å². The summed E-state index contributed by atoms with van der Waals surface area (Å²) < 4.78 is 11.8. The van der Waals surface area contributed by atoms with Crippen LogP contribution in [0.4, 0.5) is 4.79 Å². The molecular formula is C17H16BrNO3. The summed E-state index contributed by atoms with van der Waals surface area (Å²) >= 11 is 3.45. The fourth-order valence-corrected chi connectivity index (χ4v) is 2.80. The number of ether oxygens (including phenoxy) is 2. The molecule has 0 unspecified atom stereocenters. The van der Waals surface area contributed by atoms with E-state index in [4.69, 9.17) is 9.47 Å². The maximum Gasteiger partial charge on any atom is 0.407 e. The third-order valence-corrected chi connectivity index (χ3v) is 4.01. The van der Waals surface area contributed by atoms with Crippen LogP contribution in [0.25, 0.3) is 0 Å². The molecule has 0 bridgehead atoms. The Morgan fingerprint density at radius 1 is 1.27 bits per heavy atom. The molecule has 22 heavy (non-hydrogen) atoms. The van der Waals surface area contributed by atoms with E-state index in [1.165, 1.54) is 0 Å². The average Bonchev–Trinajstić information content (AvgIpc) is 2.54. The van der Waals surface area contributed by atoms with E-state index >= 15 is 0 Å². The third kappa shape index (κ3) is 3.60.